The minimum atomic E-state index is -4.51. The number of aromatic nitrogens is 1. The smallest absolute Gasteiger partial charge is 0.417 e. The second-order valence-electron chi connectivity index (χ2n) is 9.02. The lowest BCUT2D eigenvalue weighted by Gasteiger charge is -2.28. The number of rotatable bonds is 6. The Hall–Kier alpha value is -3.82. The molecule has 0 unspecified atom stereocenters. The molecule has 6 nitrogen and oxygen atoms in total. The lowest BCUT2D eigenvalue weighted by molar-refractivity contribution is -0.138. The third-order valence-electron chi connectivity index (χ3n) is 6.51. The fraction of sp³-hybridized carbons (Fsp3) is 0.308. The molecule has 0 fully saturated rings. The Labute approximate surface area is 203 Å². The van der Waals surface area contributed by atoms with Crippen molar-refractivity contribution in [1.29, 1.82) is 0 Å². The second-order valence-corrected chi connectivity index (χ2v) is 9.02. The molecule has 0 spiro atoms. The number of aliphatic carboxylic acids is 1. The first-order chi connectivity index (χ1) is 17.0. The van der Waals surface area contributed by atoms with Gasteiger partial charge in [0, 0.05) is 40.9 Å². The molecule has 0 radical (unpaired) electrons. The summed E-state index contributed by atoms with van der Waals surface area (Å²) in [6, 6.07) is 9.78. The van der Waals surface area contributed by atoms with Crippen LogP contribution in [0.4, 0.5) is 17.6 Å². The van der Waals surface area contributed by atoms with E-state index in [9.17, 15) is 18.0 Å². The van der Waals surface area contributed by atoms with Gasteiger partial charge in [0.2, 0.25) is 5.88 Å². The van der Waals surface area contributed by atoms with E-state index in [-0.39, 0.29) is 24.8 Å². The molecule has 0 bridgehead atoms. The number of carboxylic acids is 1. The van der Waals surface area contributed by atoms with E-state index in [1.165, 1.54) is 12.1 Å². The first-order valence-electron chi connectivity index (χ1n) is 11.2. The first-order valence-corrected chi connectivity index (χ1v) is 11.2. The van der Waals surface area contributed by atoms with E-state index in [0.29, 0.717) is 47.4 Å². The van der Waals surface area contributed by atoms with E-state index in [0.717, 1.165) is 17.7 Å². The molecular formula is C26H21F4NO5. The van der Waals surface area contributed by atoms with Crippen LogP contribution in [0.1, 0.15) is 47.9 Å². The second kappa shape index (κ2) is 8.69. The van der Waals surface area contributed by atoms with Gasteiger partial charge in [0.1, 0.15) is 28.7 Å². The minimum absolute atomic E-state index is 0.0416. The maximum absolute atomic E-state index is 15.0. The molecule has 0 saturated heterocycles. The van der Waals surface area contributed by atoms with Crippen LogP contribution in [0, 0.1) is 5.82 Å². The molecular weight excluding hydrogens is 482 g/mol. The van der Waals surface area contributed by atoms with Crippen molar-refractivity contribution >= 4 is 5.97 Å². The van der Waals surface area contributed by atoms with Crippen molar-refractivity contribution in [2.45, 2.75) is 43.9 Å². The number of ether oxygens (including phenoxy) is 3. The molecule has 1 aliphatic carbocycles. The zero-order valence-electron chi connectivity index (χ0n) is 19.1. The third kappa shape index (κ3) is 4.43. The fourth-order valence-corrected chi connectivity index (χ4v) is 4.79. The number of hydrogen-bond acceptors (Lipinski definition) is 5. The summed E-state index contributed by atoms with van der Waals surface area (Å²) in [5.74, 6) is -0.423. The SMILES string of the molecule is C[C@]1(Oc2ccc3c(c2)OC[C@H]3CC(=O)O)CCc2c(Oc3ccc(C(F)(F)F)cn3)ccc(F)c21. The number of benzene rings is 2. The highest BCUT2D eigenvalue weighted by Crippen LogP contribution is 2.47. The zero-order valence-corrected chi connectivity index (χ0v) is 19.1. The quantitative estimate of drug-likeness (QED) is 0.402. The van der Waals surface area contributed by atoms with Crippen molar-refractivity contribution in [2.24, 2.45) is 0 Å². The highest BCUT2D eigenvalue weighted by Gasteiger charge is 2.41. The van der Waals surface area contributed by atoms with Crippen molar-refractivity contribution in [1.82, 2.24) is 4.98 Å². The van der Waals surface area contributed by atoms with Crippen LogP contribution >= 0.6 is 0 Å². The standard InChI is InChI=1S/C26H21F4NO5/c1-25(36-16-3-4-17-14(10-23(32)33)13-34-21(17)11-16)9-8-18-20(6-5-19(27)24(18)25)35-22-7-2-15(12-31-22)26(28,29)30/h2-7,11-12,14H,8-10,13H2,1H3,(H,32,33)/t14-,25+/m1/s1. The van der Waals surface area contributed by atoms with Gasteiger partial charge in [0.05, 0.1) is 18.6 Å². The van der Waals surface area contributed by atoms with Crippen LogP contribution in [0.3, 0.4) is 0 Å². The van der Waals surface area contributed by atoms with Crippen LogP contribution in [0.5, 0.6) is 23.1 Å². The molecule has 2 aliphatic rings. The molecule has 5 rings (SSSR count). The number of hydrogen-bond donors (Lipinski definition) is 1. The van der Waals surface area contributed by atoms with E-state index in [1.807, 2.05) is 0 Å². The van der Waals surface area contributed by atoms with Crippen LogP contribution in [-0.4, -0.2) is 22.7 Å². The maximum atomic E-state index is 15.0. The van der Waals surface area contributed by atoms with Crippen molar-refractivity contribution in [3.05, 3.63) is 76.7 Å². The monoisotopic (exact) mass is 503 g/mol. The lowest BCUT2D eigenvalue weighted by atomic mass is 9.96. The predicted molar refractivity (Wildman–Crippen MR) is 119 cm³/mol. The first kappa shape index (κ1) is 23.9. The average molecular weight is 503 g/mol. The number of carboxylic acid groups (broad SMARTS) is 1. The number of carbonyl (C=O) groups is 1. The topological polar surface area (TPSA) is 77.9 Å². The van der Waals surface area contributed by atoms with Crippen LogP contribution < -0.4 is 14.2 Å². The molecule has 1 aliphatic heterocycles. The molecule has 2 atom stereocenters. The van der Waals surface area contributed by atoms with Gasteiger partial charge in [-0.3, -0.25) is 4.79 Å². The Morgan fingerprint density at radius 2 is 2.03 bits per heavy atom. The van der Waals surface area contributed by atoms with Crippen molar-refractivity contribution in [3.8, 4) is 23.1 Å². The van der Waals surface area contributed by atoms with Gasteiger partial charge in [-0.2, -0.15) is 13.2 Å². The van der Waals surface area contributed by atoms with Gasteiger partial charge >= 0.3 is 12.1 Å². The minimum Gasteiger partial charge on any atom is -0.492 e. The number of pyridine rings is 1. The Balaban J connectivity index is 1.39. The van der Waals surface area contributed by atoms with Crippen molar-refractivity contribution in [3.63, 3.8) is 0 Å². The largest absolute Gasteiger partial charge is 0.492 e. The summed E-state index contributed by atoms with van der Waals surface area (Å²) in [7, 11) is 0. The summed E-state index contributed by atoms with van der Waals surface area (Å²) in [5, 5.41) is 9.08. The molecule has 10 heteroatoms. The maximum Gasteiger partial charge on any atom is 0.417 e. The normalized spacial score (nSPS) is 20.4. The predicted octanol–water partition coefficient (Wildman–Crippen LogP) is 6.22. The van der Waals surface area contributed by atoms with Gasteiger partial charge in [-0.1, -0.05) is 6.07 Å². The van der Waals surface area contributed by atoms with Crippen LogP contribution in [0.15, 0.2) is 48.7 Å². The van der Waals surface area contributed by atoms with Gasteiger partial charge in [0.15, 0.2) is 0 Å². The third-order valence-corrected chi connectivity index (χ3v) is 6.51. The van der Waals surface area contributed by atoms with E-state index in [4.69, 9.17) is 19.3 Å². The van der Waals surface area contributed by atoms with Gasteiger partial charge in [-0.25, -0.2) is 9.37 Å². The van der Waals surface area contributed by atoms with Crippen molar-refractivity contribution < 1.29 is 41.7 Å². The summed E-state index contributed by atoms with van der Waals surface area (Å²) in [6.07, 6.45) is -3.02. The summed E-state index contributed by atoms with van der Waals surface area (Å²) >= 11 is 0. The van der Waals surface area contributed by atoms with Crippen LogP contribution in [0.2, 0.25) is 0 Å². The highest BCUT2D eigenvalue weighted by atomic mass is 19.4. The Morgan fingerprint density at radius 3 is 2.72 bits per heavy atom. The van der Waals surface area contributed by atoms with E-state index < -0.39 is 29.1 Å². The molecule has 0 amide bonds. The summed E-state index contributed by atoms with van der Waals surface area (Å²) < 4.78 is 71.1. The van der Waals surface area contributed by atoms with E-state index in [2.05, 4.69) is 4.98 Å². The fourth-order valence-electron chi connectivity index (χ4n) is 4.79. The summed E-state index contributed by atoms with van der Waals surface area (Å²) in [6.45, 7) is 2.02. The van der Waals surface area contributed by atoms with Crippen LogP contribution in [-0.2, 0) is 23.0 Å². The van der Waals surface area contributed by atoms with E-state index in [1.54, 1.807) is 25.1 Å². The molecule has 2 heterocycles. The number of halogens is 4. The number of nitrogens with zero attached hydrogens (tertiary/aromatic N) is 1. The van der Waals surface area contributed by atoms with Crippen LogP contribution in [0.25, 0.3) is 0 Å². The number of alkyl halides is 3. The summed E-state index contributed by atoms with van der Waals surface area (Å²) in [4.78, 5) is 14.8. The van der Waals surface area contributed by atoms with E-state index >= 15 is 4.39 Å². The molecule has 188 valence electrons. The number of fused-ring (bicyclic) bond motifs is 2. The Morgan fingerprint density at radius 1 is 1.22 bits per heavy atom. The average Bonchev–Trinajstić information content (AvgIpc) is 3.36. The van der Waals surface area contributed by atoms with Crippen molar-refractivity contribution in [2.75, 3.05) is 6.61 Å². The molecule has 36 heavy (non-hydrogen) atoms. The van der Waals surface area contributed by atoms with Gasteiger partial charge in [-0.05, 0) is 44.0 Å². The van der Waals surface area contributed by atoms with Gasteiger partial charge in [-0.15, -0.1) is 0 Å². The molecule has 1 N–H and O–H groups in total. The van der Waals surface area contributed by atoms with Gasteiger partial charge < -0.3 is 19.3 Å². The zero-order chi connectivity index (χ0) is 25.7. The summed E-state index contributed by atoms with van der Waals surface area (Å²) in [5.41, 5.74) is -0.296. The Kier molecular flexibility index (Phi) is 5.77. The highest BCUT2D eigenvalue weighted by molar-refractivity contribution is 5.68. The molecule has 2 aromatic carbocycles. The molecule has 0 saturated carbocycles. The Bertz CT molecular complexity index is 1330. The molecule has 1 aromatic heterocycles. The van der Waals surface area contributed by atoms with Gasteiger partial charge in [0.25, 0.3) is 0 Å². The molecule has 3 aromatic rings. The lowest BCUT2D eigenvalue weighted by Crippen LogP contribution is -2.27.